The number of aliphatic hydroxyl groups excluding tert-OH is 1. The fourth-order valence-electron chi connectivity index (χ4n) is 1.40. The zero-order valence-electron chi connectivity index (χ0n) is 11.2. The summed E-state index contributed by atoms with van der Waals surface area (Å²) in [5, 5.41) is 8.75. The van der Waals surface area contributed by atoms with Crippen LogP contribution in [0.2, 0.25) is 0 Å². The molecule has 0 aliphatic rings. The lowest BCUT2D eigenvalue weighted by atomic mass is 10.1. The molecule has 0 aliphatic carbocycles. The van der Waals surface area contributed by atoms with E-state index in [9.17, 15) is 0 Å². The minimum atomic E-state index is -0.164. The van der Waals surface area contributed by atoms with Gasteiger partial charge in [0.1, 0.15) is 18.1 Å². The van der Waals surface area contributed by atoms with E-state index in [4.69, 9.17) is 14.6 Å². The molecular weight excluding hydrogens is 228 g/mol. The molecule has 1 rings (SSSR count). The van der Waals surface area contributed by atoms with Crippen molar-refractivity contribution in [2.24, 2.45) is 5.92 Å². The third-order valence-electron chi connectivity index (χ3n) is 2.44. The van der Waals surface area contributed by atoms with E-state index >= 15 is 0 Å². The van der Waals surface area contributed by atoms with Crippen molar-refractivity contribution in [2.75, 3.05) is 20.3 Å². The van der Waals surface area contributed by atoms with Crippen molar-refractivity contribution in [2.45, 2.75) is 20.3 Å². The van der Waals surface area contributed by atoms with Gasteiger partial charge in [0.15, 0.2) is 0 Å². The van der Waals surface area contributed by atoms with Crippen molar-refractivity contribution < 1.29 is 14.6 Å². The summed E-state index contributed by atoms with van der Waals surface area (Å²) in [6.45, 7) is 4.81. The quantitative estimate of drug-likeness (QED) is 0.813. The van der Waals surface area contributed by atoms with Gasteiger partial charge in [-0.15, -0.1) is 0 Å². The van der Waals surface area contributed by atoms with Gasteiger partial charge in [-0.05, 0) is 30.5 Å². The van der Waals surface area contributed by atoms with Gasteiger partial charge < -0.3 is 14.6 Å². The summed E-state index contributed by atoms with van der Waals surface area (Å²) >= 11 is 0. The molecule has 0 radical (unpaired) electrons. The predicted octanol–water partition coefficient (Wildman–Crippen LogP) is 2.46. The molecule has 0 heterocycles. The molecule has 98 valence electrons. The summed E-state index contributed by atoms with van der Waals surface area (Å²) < 4.78 is 10.9. The zero-order valence-corrected chi connectivity index (χ0v) is 11.2. The maximum atomic E-state index is 8.75. The molecule has 0 saturated heterocycles. The van der Waals surface area contributed by atoms with Crippen molar-refractivity contribution in [3.63, 3.8) is 0 Å². The Labute approximate surface area is 109 Å². The topological polar surface area (TPSA) is 38.7 Å². The molecule has 0 bridgehead atoms. The SMILES string of the molecule is COc1ccc(OCCC(C)C)c(C#CCO)c1. The molecular formula is C15H20O3. The van der Waals surface area contributed by atoms with Crippen molar-refractivity contribution in [3.8, 4) is 23.3 Å². The molecule has 3 heteroatoms. The Morgan fingerprint density at radius 1 is 1.33 bits per heavy atom. The van der Waals surface area contributed by atoms with E-state index in [2.05, 4.69) is 25.7 Å². The van der Waals surface area contributed by atoms with Crippen LogP contribution >= 0.6 is 0 Å². The Balaban J connectivity index is 2.81. The molecule has 0 aromatic heterocycles. The molecule has 18 heavy (non-hydrogen) atoms. The van der Waals surface area contributed by atoms with E-state index in [0.717, 1.165) is 23.5 Å². The highest BCUT2D eigenvalue weighted by atomic mass is 16.5. The average molecular weight is 248 g/mol. The van der Waals surface area contributed by atoms with E-state index < -0.39 is 0 Å². The van der Waals surface area contributed by atoms with E-state index in [1.54, 1.807) is 7.11 Å². The smallest absolute Gasteiger partial charge is 0.135 e. The minimum Gasteiger partial charge on any atom is -0.497 e. The van der Waals surface area contributed by atoms with Crippen molar-refractivity contribution in [3.05, 3.63) is 23.8 Å². The van der Waals surface area contributed by atoms with Crippen LogP contribution in [0.25, 0.3) is 0 Å². The monoisotopic (exact) mass is 248 g/mol. The second kappa shape index (κ2) is 7.62. The number of hydrogen-bond donors (Lipinski definition) is 1. The molecule has 3 nitrogen and oxygen atoms in total. The van der Waals surface area contributed by atoms with Gasteiger partial charge in [-0.25, -0.2) is 0 Å². The first-order valence-electron chi connectivity index (χ1n) is 6.08. The van der Waals surface area contributed by atoms with E-state index in [1.165, 1.54) is 0 Å². The molecule has 0 spiro atoms. The molecule has 0 atom stereocenters. The summed E-state index contributed by atoms with van der Waals surface area (Å²) in [7, 11) is 1.61. The van der Waals surface area contributed by atoms with Gasteiger partial charge in [-0.2, -0.15) is 0 Å². The summed E-state index contributed by atoms with van der Waals surface area (Å²) in [5.41, 5.74) is 0.743. The summed E-state index contributed by atoms with van der Waals surface area (Å²) in [6.07, 6.45) is 0.999. The van der Waals surface area contributed by atoms with Crippen LogP contribution in [0.1, 0.15) is 25.8 Å². The second-order valence-electron chi connectivity index (χ2n) is 4.35. The van der Waals surface area contributed by atoms with Gasteiger partial charge in [0, 0.05) is 0 Å². The number of ether oxygens (including phenoxy) is 2. The Morgan fingerprint density at radius 2 is 2.11 bits per heavy atom. The Hall–Kier alpha value is -1.66. The van der Waals surface area contributed by atoms with Crippen molar-refractivity contribution in [1.82, 2.24) is 0 Å². The lowest BCUT2D eigenvalue weighted by molar-refractivity contribution is 0.288. The van der Waals surface area contributed by atoms with Crippen LogP contribution < -0.4 is 9.47 Å². The van der Waals surface area contributed by atoms with Crippen LogP contribution in [-0.4, -0.2) is 25.4 Å². The average Bonchev–Trinajstić information content (AvgIpc) is 2.36. The van der Waals surface area contributed by atoms with Crippen LogP contribution in [0.5, 0.6) is 11.5 Å². The standard InChI is InChI=1S/C15H20O3/c1-12(2)8-10-18-15-7-6-14(17-3)11-13(15)5-4-9-16/h6-7,11-12,16H,8-10H2,1-3H3. The number of hydrogen-bond acceptors (Lipinski definition) is 3. The largest absolute Gasteiger partial charge is 0.497 e. The van der Waals surface area contributed by atoms with Gasteiger partial charge >= 0.3 is 0 Å². The van der Waals surface area contributed by atoms with E-state index in [1.807, 2.05) is 18.2 Å². The second-order valence-corrected chi connectivity index (χ2v) is 4.35. The zero-order chi connectivity index (χ0) is 13.4. The maximum Gasteiger partial charge on any atom is 0.135 e. The highest BCUT2D eigenvalue weighted by Crippen LogP contribution is 2.23. The number of benzene rings is 1. The van der Waals surface area contributed by atoms with Crippen LogP contribution in [-0.2, 0) is 0 Å². The third-order valence-corrected chi connectivity index (χ3v) is 2.44. The number of rotatable bonds is 5. The summed E-state index contributed by atoms with van der Waals surface area (Å²) in [5.74, 6) is 7.57. The Morgan fingerprint density at radius 3 is 2.72 bits per heavy atom. The summed E-state index contributed by atoms with van der Waals surface area (Å²) in [6, 6.07) is 5.50. The Bertz CT molecular complexity index is 427. The van der Waals surface area contributed by atoms with Crippen molar-refractivity contribution in [1.29, 1.82) is 0 Å². The maximum absolute atomic E-state index is 8.75. The number of aliphatic hydroxyl groups is 1. The first-order valence-corrected chi connectivity index (χ1v) is 6.08. The van der Waals surface area contributed by atoms with Crippen LogP contribution in [0.4, 0.5) is 0 Å². The first kappa shape index (κ1) is 14.4. The Kier molecular flexibility index (Phi) is 6.10. The molecule has 0 fully saturated rings. The predicted molar refractivity (Wildman–Crippen MR) is 71.9 cm³/mol. The van der Waals surface area contributed by atoms with Crippen LogP contribution in [0.15, 0.2) is 18.2 Å². The number of methoxy groups -OCH3 is 1. The lowest BCUT2D eigenvalue weighted by Crippen LogP contribution is -2.02. The van der Waals surface area contributed by atoms with Crippen LogP contribution in [0.3, 0.4) is 0 Å². The van der Waals surface area contributed by atoms with E-state index in [0.29, 0.717) is 12.5 Å². The van der Waals surface area contributed by atoms with Gasteiger partial charge in [0.25, 0.3) is 0 Å². The molecule has 1 aromatic rings. The highest BCUT2D eigenvalue weighted by Gasteiger charge is 2.04. The van der Waals surface area contributed by atoms with E-state index in [-0.39, 0.29) is 6.61 Å². The molecule has 1 aromatic carbocycles. The van der Waals surface area contributed by atoms with Crippen LogP contribution in [0, 0.1) is 17.8 Å². The van der Waals surface area contributed by atoms with Gasteiger partial charge in [-0.3, -0.25) is 0 Å². The van der Waals surface area contributed by atoms with Gasteiger partial charge in [-0.1, -0.05) is 25.7 Å². The fraction of sp³-hybridized carbons (Fsp3) is 0.467. The lowest BCUT2D eigenvalue weighted by Gasteiger charge is -2.11. The minimum absolute atomic E-state index is 0.164. The highest BCUT2D eigenvalue weighted by molar-refractivity contribution is 5.50. The summed E-state index contributed by atoms with van der Waals surface area (Å²) in [4.78, 5) is 0. The fourth-order valence-corrected chi connectivity index (χ4v) is 1.40. The van der Waals surface area contributed by atoms with Crippen molar-refractivity contribution >= 4 is 0 Å². The molecule has 0 aliphatic heterocycles. The van der Waals surface area contributed by atoms with Gasteiger partial charge in [0.05, 0.1) is 19.3 Å². The molecule has 1 N–H and O–H groups in total. The normalized spacial score (nSPS) is 9.83. The third kappa shape index (κ3) is 4.68. The van der Waals surface area contributed by atoms with Gasteiger partial charge in [0.2, 0.25) is 0 Å². The molecule has 0 unspecified atom stereocenters. The molecule has 0 amide bonds. The molecule has 0 saturated carbocycles. The first-order chi connectivity index (χ1) is 8.67.